The molecule has 1 aliphatic rings. The van der Waals surface area contributed by atoms with Gasteiger partial charge in [0.1, 0.15) is 0 Å². The Morgan fingerprint density at radius 3 is 2.76 bits per heavy atom. The second-order valence-electron chi connectivity index (χ2n) is 4.90. The third-order valence-corrected chi connectivity index (χ3v) is 3.56. The number of hydrogen-bond donors (Lipinski definition) is 2. The number of halogens is 1. The van der Waals surface area contributed by atoms with E-state index in [1.54, 1.807) is 0 Å². The minimum atomic E-state index is -0.207. The number of esters is 1. The van der Waals surface area contributed by atoms with Crippen molar-refractivity contribution in [3.8, 4) is 0 Å². The van der Waals surface area contributed by atoms with Crippen molar-refractivity contribution in [1.29, 1.82) is 0 Å². The third kappa shape index (κ3) is 7.85. The minimum absolute atomic E-state index is 0. The summed E-state index contributed by atoms with van der Waals surface area (Å²) in [5.41, 5.74) is 0. The number of carbonyl (C=O) groups excluding carboxylic acids is 1. The summed E-state index contributed by atoms with van der Waals surface area (Å²) in [7, 11) is 1.40. The molecule has 0 aromatic heterocycles. The Hall–Kier alpha value is -0.570. The number of nitrogens with zero attached hydrogens (tertiary/aromatic N) is 2. The fourth-order valence-electron chi connectivity index (χ4n) is 2.44. The van der Waals surface area contributed by atoms with Crippen LogP contribution in [-0.4, -0.2) is 62.7 Å². The summed E-state index contributed by atoms with van der Waals surface area (Å²) in [6.07, 6.45) is 2.84. The van der Waals surface area contributed by atoms with Crippen LogP contribution in [-0.2, 0) is 9.53 Å². The maximum Gasteiger partial charge on any atom is 0.307 e. The lowest BCUT2D eigenvalue weighted by molar-refractivity contribution is -0.140. The molecular weight excluding hydrogens is 383 g/mol. The molecule has 0 aromatic carbocycles. The van der Waals surface area contributed by atoms with Crippen LogP contribution >= 0.6 is 24.0 Å². The molecule has 0 aromatic rings. The average Bonchev–Trinajstić information content (AvgIpc) is 2.91. The SMILES string of the molecule is CCNC(=NCC1CCCN1CC)NCCC(=O)OC.I. The summed E-state index contributed by atoms with van der Waals surface area (Å²) in [5, 5.41) is 6.36. The van der Waals surface area contributed by atoms with Crippen LogP contribution in [0.2, 0.25) is 0 Å². The fourth-order valence-corrected chi connectivity index (χ4v) is 2.44. The van der Waals surface area contributed by atoms with Crippen molar-refractivity contribution in [1.82, 2.24) is 15.5 Å². The van der Waals surface area contributed by atoms with Crippen LogP contribution in [0.15, 0.2) is 4.99 Å². The highest BCUT2D eigenvalue weighted by atomic mass is 127. The molecule has 1 atom stereocenters. The zero-order valence-electron chi connectivity index (χ0n) is 13.4. The number of likely N-dealkylation sites (N-methyl/N-ethyl adjacent to an activating group) is 1. The predicted molar refractivity (Wildman–Crippen MR) is 96.3 cm³/mol. The van der Waals surface area contributed by atoms with Gasteiger partial charge in [-0.2, -0.15) is 0 Å². The number of methoxy groups -OCH3 is 1. The average molecular weight is 412 g/mol. The first kappa shape index (κ1) is 20.4. The number of aliphatic imine (C=N–C) groups is 1. The smallest absolute Gasteiger partial charge is 0.307 e. The Kier molecular flexibility index (Phi) is 11.7. The molecule has 1 saturated heterocycles. The largest absolute Gasteiger partial charge is 0.469 e. The number of carbonyl (C=O) groups is 1. The Balaban J connectivity index is 0.00000400. The monoisotopic (exact) mass is 412 g/mol. The molecule has 0 spiro atoms. The zero-order valence-corrected chi connectivity index (χ0v) is 15.7. The molecule has 1 rings (SSSR count). The molecule has 1 aliphatic heterocycles. The molecule has 1 fully saturated rings. The summed E-state index contributed by atoms with van der Waals surface area (Å²) in [6, 6.07) is 0.552. The molecule has 6 nitrogen and oxygen atoms in total. The zero-order chi connectivity index (χ0) is 14.8. The van der Waals surface area contributed by atoms with Gasteiger partial charge in [0.25, 0.3) is 0 Å². The van der Waals surface area contributed by atoms with Gasteiger partial charge in [-0.05, 0) is 32.9 Å². The molecule has 1 unspecified atom stereocenters. The van der Waals surface area contributed by atoms with Gasteiger partial charge in [-0.3, -0.25) is 14.7 Å². The number of rotatable bonds is 7. The number of hydrogen-bond acceptors (Lipinski definition) is 4. The molecule has 0 bridgehead atoms. The summed E-state index contributed by atoms with van der Waals surface area (Å²) in [4.78, 5) is 18.2. The van der Waals surface area contributed by atoms with Crippen LogP contribution in [0.3, 0.4) is 0 Å². The van der Waals surface area contributed by atoms with E-state index < -0.39 is 0 Å². The Labute approximate surface area is 145 Å². The first-order valence-electron chi connectivity index (χ1n) is 7.54. The Morgan fingerprint density at radius 2 is 2.14 bits per heavy atom. The molecule has 124 valence electrons. The number of likely N-dealkylation sites (tertiary alicyclic amines) is 1. The van der Waals surface area contributed by atoms with Crippen molar-refractivity contribution in [2.45, 2.75) is 39.2 Å². The van der Waals surface area contributed by atoms with Gasteiger partial charge in [-0.25, -0.2) is 0 Å². The normalized spacial score (nSPS) is 19.0. The van der Waals surface area contributed by atoms with Gasteiger partial charge >= 0.3 is 5.97 Å². The lowest BCUT2D eigenvalue weighted by Gasteiger charge is -2.21. The van der Waals surface area contributed by atoms with Gasteiger partial charge < -0.3 is 15.4 Å². The number of ether oxygens (including phenoxy) is 1. The second kappa shape index (κ2) is 12.0. The summed E-state index contributed by atoms with van der Waals surface area (Å²) in [6.45, 7) is 8.66. The van der Waals surface area contributed by atoms with Gasteiger partial charge in [0.2, 0.25) is 0 Å². The van der Waals surface area contributed by atoms with Crippen LogP contribution < -0.4 is 10.6 Å². The van der Waals surface area contributed by atoms with Crippen molar-refractivity contribution in [2.75, 3.05) is 39.8 Å². The molecule has 0 aliphatic carbocycles. The molecule has 0 radical (unpaired) electrons. The van der Waals surface area contributed by atoms with Gasteiger partial charge in [-0.15, -0.1) is 24.0 Å². The van der Waals surface area contributed by atoms with Crippen LogP contribution in [0.25, 0.3) is 0 Å². The number of nitrogens with one attached hydrogen (secondary N) is 2. The highest BCUT2D eigenvalue weighted by Crippen LogP contribution is 2.16. The fraction of sp³-hybridized carbons (Fsp3) is 0.857. The summed E-state index contributed by atoms with van der Waals surface area (Å²) < 4.78 is 4.62. The first-order chi connectivity index (χ1) is 9.71. The topological polar surface area (TPSA) is 66.0 Å². The highest BCUT2D eigenvalue weighted by Gasteiger charge is 2.22. The van der Waals surface area contributed by atoms with Crippen molar-refractivity contribution in [3.05, 3.63) is 0 Å². The molecule has 0 saturated carbocycles. The van der Waals surface area contributed by atoms with E-state index in [0.29, 0.717) is 19.0 Å². The van der Waals surface area contributed by atoms with Gasteiger partial charge in [0.15, 0.2) is 5.96 Å². The maximum atomic E-state index is 11.1. The van der Waals surface area contributed by atoms with Crippen LogP contribution in [0.1, 0.15) is 33.1 Å². The molecule has 7 heteroatoms. The second-order valence-corrected chi connectivity index (χ2v) is 4.90. The Bertz CT molecular complexity index is 326. The molecule has 21 heavy (non-hydrogen) atoms. The van der Waals surface area contributed by atoms with Gasteiger partial charge in [0.05, 0.1) is 20.1 Å². The van der Waals surface area contributed by atoms with E-state index in [1.807, 2.05) is 6.92 Å². The van der Waals surface area contributed by atoms with Crippen molar-refractivity contribution in [2.24, 2.45) is 4.99 Å². The van der Waals surface area contributed by atoms with Crippen LogP contribution in [0, 0.1) is 0 Å². The van der Waals surface area contributed by atoms with E-state index >= 15 is 0 Å². The molecule has 2 N–H and O–H groups in total. The summed E-state index contributed by atoms with van der Waals surface area (Å²) in [5.74, 6) is 0.570. The lowest BCUT2D eigenvalue weighted by Crippen LogP contribution is -2.40. The Morgan fingerprint density at radius 1 is 1.38 bits per heavy atom. The van der Waals surface area contributed by atoms with E-state index in [0.717, 1.165) is 25.6 Å². The third-order valence-electron chi connectivity index (χ3n) is 3.56. The standard InChI is InChI=1S/C14H28N4O2.HI/c1-4-15-14(16-9-8-13(19)20-3)17-11-12-7-6-10-18(12)5-2;/h12H,4-11H2,1-3H3,(H2,15,16,17);1H. The molecule has 1 heterocycles. The van der Waals surface area contributed by atoms with Crippen LogP contribution in [0.4, 0.5) is 0 Å². The van der Waals surface area contributed by atoms with Gasteiger partial charge in [0, 0.05) is 19.1 Å². The van der Waals surface area contributed by atoms with Crippen molar-refractivity contribution >= 4 is 35.9 Å². The van der Waals surface area contributed by atoms with E-state index in [9.17, 15) is 4.79 Å². The highest BCUT2D eigenvalue weighted by molar-refractivity contribution is 14.0. The maximum absolute atomic E-state index is 11.1. The van der Waals surface area contributed by atoms with Crippen molar-refractivity contribution < 1.29 is 9.53 Å². The number of guanidine groups is 1. The van der Waals surface area contributed by atoms with E-state index in [1.165, 1.54) is 26.5 Å². The lowest BCUT2D eigenvalue weighted by atomic mass is 10.2. The molecule has 0 amide bonds. The minimum Gasteiger partial charge on any atom is -0.469 e. The predicted octanol–water partition coefficient (Wildman–Crippen LogP) is 1.21. The van der Waals surface area contributed by atoms with Gasteiger partial charge in [-0.1, -0.05) is 6.92 Å². The van der Waals surface area contributed by atoms with Crippen molar-refractivity contribution in [3.63, 3.8) is 0 Å². The quantitative estimate of drug-likeness (QED) is 0.285. The first-order valence-corrected chi connectivity index (χ1v) is 7.54. The molecular formula is C14H29IN4O2. The van der Waals surface area contributed by atoms with E-state index in [-0.39, 0.29) is 29.9 Å². The van der Waals surface area contributed by atoms with E-state index in [2.05, 4.69) is 32.2 Å². The summed E-state index contributed by atoms with van der Waals surface area (Å²) >= 11 is 0. The van der Waals surface area contributed by atoms with Crippen LogP contribution in [0.5, 0.6) is 0 Å². The van der Waals surface area contributed by atoms with E-state index in [4.69, 9.17) is 0 Å².